The van der Waals surface area contributed by atoms with Crippen molar-refractivity contribution >= 4 is 21.6 Å². The smallest absolute Gasteiger partial charge is 0.278 e. The Kier molecular flexibility index (Phi) is 7.20. The summed E-state index contributed by atoms with van der Waals surface area (Å²) >= 11 is 0. The normalized spacial score (nSPS) is 11.1. The lowest BCUT2D eigenvalue weighted by Gasteiger charge is -2.23. The van der Waals surface area contributed by atoms with Gasteiger partial charge in [0.05, 0.1) is 17.2 Å². The van der Waals surface area contributed by atoms with Crippen LogP contribution in [0.3, 0.4) is 0 Å². The predicted molar refractivity (Wildman–Crippen MR) is 125 cm³/mol. The Morgan fingerprint density at radius 2 is 1.44 bits per heavy atom. The van der Waals surface area contributed by atoms with Crippen LogP contribution in [0.15, 0.2) is 71.6 Å². The fraction of sp³-hybridized carbons (Fsp3) is 0.240. The van der Waals surface area contributed by atoms with Crippen LogP contribution in [0.4, 0.5) is 5.69 Å². The highest BCUT2D eigenvalue weighted by atomic mass is 32.2. The first-order chi connectivity index (χ1) is 15.2. The summed E-state index contributed by atoms with van der Waals surface area (Å²) in [6.07, 6.45) is 0. The molecule has 3 rings (SSSR count). The number of hydrogen-bond acceptors (Lipinski definition) is 5. The summed E-state index contributed by atoms with van der Waals surface area (Å²) in [4.78, 5) is 13.2. The van der Waals surface area contributed by atoms with Gasteiger partial charge in [-0.05, 0) is 87.4 Å². The van der Waals surface area contributed by atoms with Gasteiger partial charge in [-0.3, -0.25) is 4.79 Å². The maximum Gasteiger partial charge on any atom is 0.278 e. The molecule has 6 nitrogen and oxygen atoms in total. The van der Waals surface area contributed by atoms with Gasteiger partial charge in [-0.1, -0.05) is 23.8 Å². The van der Waals surface area contributed by atoms with Gasteiger partial charge in [0.2, 0.25) is 0 Å². The van der Waals surface area contributed by atoms with E-state index in [1.165, 1.54) is 12.1 Å². The summed E-state index contributed by atoms with van der Waals surface area (Å²) in [5, 5.41) is 0. The van der Waals surface area contributed by atoms with Crippen molar-refractivity contribution in [1.29, 1.82) is 0 Å². The molecule has 1 amide bonds. The molecule has 3 aromatic carbocycles. The highest BCUT2D eigenvalue weighted by molar-refractivity contribution is 7.93. The molecule has 0 fully saturated rings. The minimum atomic E-state index is -4.15. The third-order valence-electron chi connectivity index (χ3n) is 5.01. The van der Waals surface area contributed by atoms with Crippen LogP contribution in [-0.2, 0) is 14.8 Å². The van der Waals surface area contributed by atoms with E-state index in [9.17, 15) is 13.2 Å². The van der Waals surface area contributed by atoms with Crippen molar-refractivity contribution in [2.75, 3.05) is 17.5 Å². The van der Waals surface area contributed by atoms with Crippen LogP contribution >= 0.6 is 0 Å². The highest BCUT2D eigenvalue weighted by Gasteiger charge is 2.31. The number of hydrogen-bond donors (Lipinski definition) is 0. The second kappa shape index (κ2) is 9.87. The molecular weight excluding hydrogens is 426 g/mol. The number of carbonyl (C=O) groups excluding carboxylic acids is 1. The molecule has 0 radical (unpaired) electrons. The van der Waals surface area contributed by atoms with Crippen LogP contribution < -0.4 is 13.8 Å². The molecule has 0 bridgehead atoms. The number of rotatable bonds is 8. The van der Waals surface area contributed by atoms with Crippen LogP contribution in [0.5, 0.6) is 11.5 Å². The van der Waals surface area contributed by atoms with E-state index in [0.717, 1.165) is 21.0 Å². The van der Waals surface area contributed by atoms with E-state index in [-0.39, 0.29) is 10.6 Å². The Balaban J connectivity index is 1.94. The number of anilines is 1. The standard InChI is InChI=1S/C25H27NO5S/c1-5-30-22-12-9-21(10-13-22)26(32(28,29)24-14-6-18(2)7-15-24)25(27)17-31-23-11-8-19(3)20(4)16-23/h6-16H,5,17H2,1-4H3. The first kappa shape index (κ1) is 23.3. The molecular formula is C25H27NO5S. The van der Waals surface area contributed by atoms with Crippen LogP contribution in [0.1, 0.15) is 23.6 Å². The molecule has 32 heavy (non-hydrogen) atoms. The number of carbonyl (C=O) groups is 1. The van der Waals surface area contributed by atoms with Crippen molar-refractivity contribution in [2.45, 2.75) is 32.6 Å². The van der Waals surface area contributed by atoms with Crippen molar-refractivity contribution in [3.05, 3.63) is 83.4 Å². The maximum atomic E-state index is 13.4. The number of sulfonamides is 1. The topological polar surface area (TPSA) is 72.9 Å². The minimum absolute atomic E-state index is 0.0246. The monoisotopic (exact) mass is 453 g/mol. The van der Waals surface area contributed by atoms with Crippen LogP contribution in [-0.4, -0.2) is 27.5 Å². The Bertz CT molecular complexity index is 1190. The van der Waals surface area contributed by atoms with E-state index in [0.29, 0.717) is 18.1 Å². The summed E-state index contributed by atoms with van der Waals surface area (Å²) in [5.41, 5.74) is 3.25. The molecule has 3 aromatic rings. The number of amides is 1. The third-order valence-corrected chi connectivity index (χ3v) is 6.77. The van der Waals surface area contributed by atoms with E-state index in [1.807, 2.05) is 39.8 Å². The molecule has 0 N–H and O–H groups in total. The molecule has 7 heteroatoms. The predicted octanol–water partition coefficient (Wildman–Crippen LogP) is 4.81. The zero-order valence-corrected chi connectivity index (χ0v) is 19.5. The molecule has 0 atom stereocenters. The number of nitrogens with zero attached hydrogens (tertiary/aromatic N) is 1. The molecule has 0 aliphatic rings. The Morgan fingerprint density at radius 1 is 0.812 bits per heavy atom. The Hall–Kier alpha value is -3.32. The minimum Gasteiger partial charge on any atom is -0.494 e. The zero-order valence-electron chi connectivity index (χ0n) is 18.7. The molecule has 0 heterocycles. The lowest BCUT2D eigenvalue weighted by molar-refractivity contribution is -0.119. The van der Waals surface area contributed by atoms with Gasteiger partial charge in [0.15, 0.2) is 6.61 Å². The number of benzene rings is 3. The van der Waals surface area contributed by atoms with Crippen molar-refractivity contribution in [2.24, 2.45) is 0 Å². The molecule has 0 saturated carbocycles. The first-order valence-electron chi connectivity index (χ1n) is 10.3. The van der Waals surface area contributed by atoms with Gasteiger partial charge in [0, 0.05) is 0 Å². The van der Waals surface area contributed by atoms with Crippen LogP contribution in [0.2, 0.25) is 0 Å². The van der Waals surface area contributed by atoms with Gasteiger partial charge in [0.1, 0.15) is 11.5 Å². The van der Waals surface area contributed by atoms with Crippen LogP contribution in [0.25, 0.3) is 0 Å². The number of aryl methyl sites for hydroxylation is 3. The van der Waals surface area contributed by atoms with E-state index in [1.54, 1.807) is 42.5 Å². The van der Waals surface area contributed by atoms with Gasteiger partial charge in [0.25, 0.3) is 15.9 Å². The second-order valence-corrected chi connectivity index (χ2v) is 9.22. The SMILES string of the molecule is CCOc1ccc(N(C(=O)COc2ccc(C)c(C)c2)S(=O)(=O)c2ccc(C)cc2)cc1. The van der Waals surface area contributed by atoms with Crippen molar-refractivity contribution in [1.82, 2.24) is 0 Å². The first-order valence-corrected chi connectivity index (χ1v) is 11.7. The maximum absolute atomic E-state index is 13.4. The molecule has 168 valence electrons. The van der Waals surface area contributed by atoms with E-state index >= 15 is 0 Å². The summed E-state index contributed by atoms with van der Waals surface area (Å²) < 4.78 is 38.7. The van der Waals surface area contributed by atoms with E-state index < -0.39 is 22.5 Å². The molecule has 0 spiro atoms. The summed E-state index contributed by atoms with van der Waals surface area (Å²) in [6.45, 7) is 7.69. The zero-order chi connectivity index (χ0) is 23.3. The van der Waals surface area contributed by atoms with E-state index in [4.69, 9.17) is 9.47 Å². The Morgan fingerprint density at radius 3 is 2.03 bits per heavy atom. The van der Waals surface area contributed by atoms with E-state index in [2.05, 4.69) is 0 Å². The average molecular weight is 454 g/mol. The Labute approximate surface area is 189 Å². The molecule has 0 aliphatic heterocycles. The number of ether oxygens (including phenoxy) is 2. The van der Waals surface area contributed by atoms with Gasteiger partial charge >= 0.3 is 0 Å². The molecule has 0 aliphatic carbocycles. The second-order valence-electron chi connectivity index (χ2n) is 7.44. The molecule has 0 aromatic heterocycles. The molecule has 0 unspecified atom stereocenters. The summed E-state index contributed by atoms with van der Waals surface area (Å²) in [7, 11) is -4.15. The van der Waals surface area contributed by atoms with Crippen molar-refractivity contribution in [3.63, 3.8) is 0 Å². The quantitative estimate of drug-likeness (QED) is 0.489. The van der Waals surface area contributed by atoms with Gasteiger partial charge in [-0.2, -0.15) is 4.31 Å². The molecule has 0 saturated heterocycles. The van der Waals surface area contributed by atoms with Gasteiger partial charge < -0.3 is 9.47 Å². The fourth-order valence-electron chi connectivity index (χ4n) is 3.08. The third kappa shape index (κ3) is 5.29. The van der Waals surface area contributed by atoms with Gasteiger partial charge in [-0.25, -0.2) is 8.42 Å². The average Bonchev–Trinajstić information content (AvgIpc) is 2.76. The van der Waals surface area contributed by atoms with Crippen LogP contribution in [0, 0.1) is 20.8 Å². The lowest BCUT2D eigenvalue weighted by Crippen LogP contribution is -2.40. The fourth-order valence-corrected chi connectivity index (χ4v) is 4.50. The van der Waals surface area contributed by atoms with Crippen molar-refractivity contribution in [3.8, 4) is 11.5 Å². The summed E-state index contributed by atoms with van der Waals surface area (Å²) in [5.74, 6) is 0.386. The lowest BCUT2D eigenvalue weighted by atomic mass is 10.1. The van der Waals surface area contributed by atoms with Crippen molar-refractivity contribution < 1.29 is 22.7 Å². The largest absolute Gasteiger partial charge is 0.494 e. The van der Waals surface area contributed by atoms with Gasteiger partial charge in [-0.15, -0.1) is 0 Å². The highest BCUT2D eigenvalue weighted by Crippen LogP contribution is 2.27. The summed E-state index contributed by atoms with van der Waals surface area (Å²) in [6, 6.07) is 18.2.